The van der Waals surface area contributed by atoms with E-state index in [1.54, 1.807) is 18.3 Å². The topological polar surface area (TPSA) is 57.3 Å². The third kappa shape index (κ3) is 4.26. The van der Waals surface area contributed by atoms with Crippen LogP contribution in [0, 0.1) is 5.82 Å². The Morgan fingerprint density at radius 3 is 2.88 bits per heavy atom. The number of benzene rings is 1. The molecule has 0 saturated carbocycles. The Labute approximate surface area is 147 Å². The molecule has 0 spiro atoms. The van der Waals surface area contributed by atoms with Crippen LogP contribution in [-0.4, -0.2) is 36.6 Å². The number of aromatic nitrogens is 1. The summed E-state index contributed by atoms with van der Waals surface area (Å²) in [5.74, 6) is 0.422. The molecule has 1 atom stereocenters. The van der Waals surface area contributed by atoms with Crippen LogP contribution in [0.15, 0.2) is 42.6 Å². The van der Waals surface area contributed by atoms with Crippen molar-refractivity contribution in [1.29, 1.82) is 0 Å². The van der Waals surface area contributed by atoms with Crippen LogP contribution in [0.25, 0.3) is 0 Å². The number of hydrogen-bond donors (Lipinski definition) is 2. The number of carbonyl (C=O) groups is 1. The molecule has 1 unspecified atom stereocenters. The van der Waals surface area contributed by atoms with Crippen LogP contribution < -0.4 is 15.5 Å². The van der Waals surface area contributed by atoms with E-state index < -0.39 is 0 Å². The summed E-state index contributed by atoms with van der Waals surface area (Å²) in [6.45, 7) is 4.04. The number of halogens is 1. The van der Waals surface area contributed by atoms with Crippen molar-refractivity contribution in [2.45, 2.75) is 25.8 Å². The van der Waals surface area contributed by atoms with Crippen molar-refractivity contribution in [3.05, 3.63) is 54.0 Å². The van der Waals surface area contributed by atoms with Gasteiger partial charge in [-0.1, -0.05) is 12.1 Å². The van der Waals surface area contributed by atoms with Gasteiger partial charge in [-0.15, -0.1) is 0 Å². The highest BCUT2D eigenvalue weighted by Gasteiger charge is 2.22. The van der Waals surface area contributed by atoms with Gasteiger partial charge in [0.2, 0.25) is 0 Å². The molecule has 1 aromatic heterocycles. The van der Waals surface area contributed by atoms with E-state index in [9.17, 15) is 9.18 Å². The second kappa shape index (κ2) is 7.96. The highest BCUT2D eigenvalue weighted by molar-refractivity contribution is 5.93. The number of hydrogen-bond acceptors (Lipinski definition) is 4. The first kappa shape index (κ1) is 17.2. The van der Waals surface area contributed by atoms with E-state index in [1.165, 1.54) is 6.07 Å². The SMILES string of the molecule is CCNC(=O)c1ccc(NC2CCCN(c3ccccc3F)C2)nc1. The summed E-state index contributed by atoms with van der Waals surface area (Å²) < 4.78 is 14.0. The van der Waals surface area contributed by atoms with Crippen molar-refractivity contribution in [2.24, 2.45) is 0 Å². The summed E-state index contributed by atoms with van der Waals surface area (Å²) in [7, 11) is 0. The minimum Gasteiger partial charge on any atom is -0.367 e. The molecule has 1 fully saturated rings. The van der Waals surface area contributed by atoms with Gasteiger partial charge in [-0.25, -0.2) is 9.37 Å². The highest BCUT2D eigenvalue weighted by Crippen LogP contribution is 2.24. The number of carbonyl (C=O) groups excluding carboxylic acids is 1. The van der Waals surface area contributed by atoms with Gasteiger partial charge in [-0.2, -0.15) is 0 Å². The molecule has 2 aromatic rings. The number of anilines is 2. The summed E-state index contributed by atoms with van der Waals surface area (Å²) in [4.78, 5) is 18.2. The zero-order chi connectivity index (χ0) is 17.6. The summed E-state index contributed by atoms with van der Waals surface area (Å²) >= 11 is 0. The molecular formula is C19H23FN4O. The first-order chi connectivity index (χ1) is 12.2. The average molecular weight is 342 g/mol. The van der Waals surface area contributed by atoms with Gasteiger partial charge in [0.15, 0.2) is 0 Å². The van der Waals surface area contributed by atoms with Gasteiger partial charge in [0.1, 0.15) is 11.6 Å². The van der Waals surface area contributed by atoms with Crippen LogP contribution in [0.5, 0.6) is 0 Å². The van der Waals surface area contributed by atoms with E-state index in [4.69, 9.17) is 0 Å². The van der Waals surface area contributed by atoms with Gasteiger partial charge in [-0.05, 0) is 44.0 Å². The van der Waals surface area contributed by atoms with E-state index in [-0.39, 0.29) is 17.8 Å². The normalized spacial score (nSPS) is 17.2. The zero-order valence-corrected chi connectivity index (χ0v) is 14.3. The van der Waals surface area contributed by atoms with Crippen molar-refractivity contribution in [3.8, 4) is 0 Å². The molecular weight excluding hydrogens is 319 g/mol. The molecule has 3 rings (SSSR count). The lowest BCUT2D eigenvalue weighted by atomic mass is 10.0. The molecule has 0 aliphatic carbocycles. The molecule has 0 radical (unpaired) electrons. The maximum Gasteiger partial charge on any atom is 0.252 e. The lowest BCUT2D eigenvalue weighted by molar-refractivity contribution is 0.0955. The molecule has 5 nitrogen and oxygen atoms in total. The van der Waals surface area contributed by atoms with Gasteiger partial charge >= 0.3 is 0 Å². The molecule has 2 heterocycles. The molecule has 0 bridgehead atoms. The number of nitrogens with one attached hydrogen (secondary N) is 2. The van der Waals surface area contributed by atoms with Crippen LogP contribution in [0.2, 0.25) is 0 Å². The Hall–Kier alpha value is -2.63. The van der Waals surface area contributed by atoms with Gasteiger partial charge in [-0.3, -0.25) is 4.79 Å². The second-order valence-corrected chi connectivity index (χ2v) is 6.17. The Balaban J connectivity index is 1.63. The van der Waals surface area contributed by atoms with Gasteiger partial charge in [0, 0.05) is 31.9 Å². The van der Waals surface area contributed by atoms with Crippen LogP contribution in [0.3, 0.4) is 0 Å². The molecule has 1 aliphatic rings. The Bertz CT molecular complexity index is 720. The minimum absolute atomic E-state index is 0.120. The van der Waals surface area contributed by atoms with Crippen molar-refractivity contribution < 1.29 is 9.18 Å². The zero-order valence-electron chi connectivity index (χ0n) is 14.3. The number of piperidine rings is 1. The molecule has 132 valence electrons. The number of amides is 1. The lowest BCUT2D eigenvalue weighted by Crippen LogP contribution is -2.42. The molecule has 1 amide bonds. The fraction of sp³-hybridized carbons (Fsp3) is 0.368. The van der Waals surface area contributed by atoms with Crippen LogP contribution in [-0.2, 0) is 0 Å². The van der Waals surface area contributed by atoms with Crippen molar-refractivity contribution in [2.75, 3.05) is 29.9 Å². The summed E-state index contributed by atoms with van der Waals surface area (Å²) in [6.07, 6.45) is 3.57. The third-order valence-electron chi connectivity index (χ3n) is 4.33. The third-order valence-corrected chi connectivity index (χ3v) is 4.33. The second-order valence-electron chi connectivity index (χ2n) is 6.17. The summed E-state index contributed by atoms with van der Waals surface area (Å²) in [6, 6.07) is 10.6. The maximum atomic E-state index is 14.0. The monoisotopic (exact) mass is 342 g/mol. The van der Waals surface area contributed by atoms with E-state index in [1.807, 2.05) is 25.1 Å². The molecule has 1 aliphatic heterocycles. The van der Waals surface area contributed by atoms with Crippen LogP contribution in [0.4, 0.5) is 15.9 Å². The molecule has 25 heavy (non-hydrogen) atoms. The molecule has 1 saturated heterocycles. The van der Waals surface area contributed by atoms with Crippen molar-refractivity contribution in [1.82, 2.24) is 10.3 Å². The predicted molar refractivity (Wildman–Crippen MR) is 97.5 cm³/mol. The van der Waals surface area contributed by atoms with Gasteiger partial charge in [0.25, 0.3) is 5.91 Å². The Kier molecular flexibility index (Phi) is 5.48. The van der Waals surface area contributed by atoms with Gasteiger partial charge < -0.3 is 15.5 Å². The van der Waals surface area contributed by atoms with E-state index >= 15 is 0 Å². The average Bonchev–Trinajstić information content (AvgIpc) is 2.63. The largest absolute Gasteiger partial charge is 0.367 e. The van der Waals surface area contributed by atoms with Crippen molar-refractivity contribution in [3.63, 3.8) is 0 Å². The van der Waals surface area contributed by atoms with E-state index in [2.05, 4.69) is 20.5 Å². The molecule has 6 heteroatoms. The molecule has 1 aromatic carbocycles. The number of nitrogens with zero attached hydrogens (tertiary/aromatic N) is 2. The van der Waals surface area contributed by atoms with Crippen LogP contribution >= 0.6 is 0 Å². The highest BCUT2D eigenvalue weighted by atomic mass is 19.1. The fourth-order valence-electron chi connectivity index (χ4n) is 3.11. The van der Waals surface area contributed by atoms with E-state index in [0.717, 1.165) is 31.7 Å². The quantitative estimate of drug-likeness (QED) is 0.877. The summed E-state index contributed by atoms with van der Waals surface area (Å²) in [5.41, 5.74) is 1.19. The van der Waals surface area contributed by atoms with Gasteiger partial charge in [0.05, 0.1) is 11.3 Å². The summed E-state index contributed by atoms with van der Waals surface area (Å²) in [5, 5.41) is 6.14. The number of rotatable bonds is 5. The van der Waals surface area contributed by atoms with Crippen LogP contribution in [0.1, 0.15) is 30.1 Å². The van der Waals surface area contributed by atoms with E-state index in [0.29, 0.717) is 17.8 Å². The predicted octanol–water partition coefficient (Wildman–Crippen LogP) is 3.05. The molecule has 2 N–H and O–H groups in total. The smallest absolute Gasteiger partial charge is 0.252 e. The Morgan fingerprint density at radius 2 is 2.16 bits per heavy atom. The standard InChI is InChI=1S/C19H23FN4O/c1-2-21-19(25)14-9-10-18(22-12-14)23-15-6-5-11-24(13-15)17-8-4-3-7-16(17)20/h3-4,7-10,12,15H,2,5-6,11,13H2,1H3,(H,21,25)(H,22,23). The lowest BCUT2D eigenvalue weighted by Gasteiger charge is -2.35. The van der Waals surface area contributed by atoms with Crippen molar-refractivity contribution >= 4 is 17.4 Å². The fourth-order valence-corrected chi connectivity index (χ4v) is 3.11. The first-order valence-electron chi connectivity index (χ1n) is 8.67. The minimum atomic E-state index is -0.187. The number of para-hydroxylation sites is 1. The maximum absolute atomic E-state index is 14.0. The first-order valence-corrected chi connectivity index (χ1v) is 8.67. The Morgan fingerprint density at radius 1 is 1.32 bits per heavy atom. The number of pyridine rings is 1.